The van der Waals surface area contributed by atoms with Crippen molar-refractivity contribution in [2.75, 3.05) is 6.54 Å². The number of imidazole rings is 1. The molecular formula is C20H16F2N3O+. The van der Waals surface area contributed by atoms with Crippen LogP contribution in [0.3, 0.4) is 0 Å². The molecular weight excluding hydrogens is 336 g/mol. The summed E-state index contributed by atoms with van der Waals surface area (Å²) in [4.78, 5) is 17.4. The molecule has 1 aliphatic heterocycles. The number of carbonyl (C=O) groups is 1. The van der Waals surface area contributed by atoms with Crippen LogP contribution in [-0.2, 0) is 0 Å². The fraction of sp³-hybridized carbons (Fsp3) is 0.100. The van der Waals surface area contributed by atoms with Crippen molar-refractivity contribution in [3.05, 3.63) is 96.1 Å². The van der Waals surface area contributed by atoms with Gasteiger partial charge in [-0.25, -0.2) is 18.6 Å². The highest BCUT2D eigenvalue weighted by atomic mass is 19.1. The minimum Gasteiger partial charge on any atom is -0.289 e. The third-order valence-corrected chi connectivity index (χ3v) is 4.46. The Balaban J connectivity index is 1.76. The maximum Gasteiger partial charge on any atom is 0.416 e. The standard InChI is InChI=1S/C20H15F2N3O/c21-16-6-7-18(22)17(11-16)15-10-19(14-4-2-1-3-5-14)25(12-15)20(26)24-9-8-23-13-24/h1-11,13,19H,12H2/p+1/t19-/m0/s1. The molecule has 0 bridgehead atoms. The number of H-pyrrole nitrogens is 1. The summed E-state index contributed by atoms with van der Waals surface area (Å²) in [6.07, 6.45) is 6.63. The van der Waals surface area contributed by atoms with Crippen LogP contribution in [0.4, 0.5) is 13.6 Å². The molecule has 0 radical (unpaired) electrons. The number of rotatable bonds is 2. The molecule has 0 unspecified atom stereocenters. The van der Waals surface area contributed by atoms with Crippen molar-refractivity contribution in [3.8, 4) is 0 Å². The van der Waals surface area contributed by atoms with Gasteiger partial charge in [0, 0.05) is 5.56 Å². The fourth-order valence-electron chi connectivity index (χ4n) is 3.20. The van der Waals surface area contributed by atoms with Crippen molar-refractivity contribution < 1.29 is 18.6 Å². The number of benzene rings is 2. The lowest BCUT2D eigenvalue weighted by Gasteiger charge is -2.22. The van der Waals surface area contributed by atoms with Gasteiger partial charge in [0.1, 0.15) is 24.0 Å². The fourth-order valence-corrected chi connectivity index (χ4v) is 3.20. The predicted octanol–water partition coefficient (Wildman–Crippen LogP) is 3.69. The van der Waals surface area contributed by atoms with E-state index in [1.807, 2.05) is 36.4 Å². The summed E-state index contributed by atoms with van der Waals surface area (Å²) in [5.74, 6) is -1.02. The molecule has 0 saturated carbocycles. The minimum atomic E-state index is -0.511. The summed E-state index contributed by atoms with van der Waals surface area (Å²) < 4.78 is 29.3. The van der Waals surface area contributed by atoms with Gasteiger partial charge < -0.3 is 0 Å². The zero-order chi connectivity index (χ0) is 18.1. The lowest BCUT2D eigenvalue weighted by molar-refractivity contribution is -0.376. The van der Waals surface area contributed by atoms with E-state index in [0.29, 0.717) is 5.57 Å². The molecule has 0 saturated heterocycles. The quantitative estimate of drug-likeness (QED) is 0.693. The van der Waals surface area contributed by atoms with Crippen LogP contribution in [0, 0.1) is 11.6 Å². The molecule has 1 atom stereocenters. The Labute approximate surface area is 149 Å². The maximum absolute atomic E-state index is 14.2. The van der Waals surface area contributed by atoms with Gasteiger partial charge in [-0.2, -0.15) is 4.57 Å². The van der Waals surface area contributed by atoms with Gasteiger partial charge in [0.25, 0.3) is 6.33 Å². The number of aromatic amines is 1. The molecule has 2 heterocycles. The third-order valence-electron chi connectivity index (χ3n) is 4.46. The van der Waals surface area contributed by atoms with Crippen LogP contribution >= 0.6 is 0 Å². The van der Waals surface area contributed by atoms with Gasteiger partial charge in [-0.3, -0.25) is 4.90 Å². The summed E-state index contributed by atoms with van der Waals surface area (Å²) in [6, 6.07) is 12.2. The first kappa shape index (κ1) is 16.2. The Morgan fingerprint density at radius 2 is 1.92 bits per heavy atom. The van der Waals surface area contributed by atoms with Crippen molar-refractivity contribution in [1.82, 2.24) is 9.47 Å². The van der Waals surface area contributed by atoms with Gasteiger partial charge in [-0.15, -0.1) is 0 Å². The van der Waals surface area contributed by atoms with Crippen LogP contribution in [-0.4, -0.2) is 22.0 Å². The average molecular weight is 352 g/mol. The van der Waals surface area contributed by atoms with Gasteiger partial charge >= 0.3 is 6.03 Å². The SMILES string of the molecule is O=C(N1CC(c2cc(F)ccc2F)=C[C@H]1c1ccccc1)n1cc[nH+]c1. The molecule has 1 amide bonds. The molecule has 3 aromatic rings. The Bertz CT molecular complexity index is 968. The van der Waals surface area contributed by atoms with E-state index in [2.05, 4.69) is 4.98 Å². The first-order chi connectivity index (χ1) is 12.6. The van der Waals surface area contributed by atoms with E-state index in [1.165, 1.54) is 10.6 Å². The Morgan fingerprint density at radius 3 is 2.65 bits per heavy atom. The molecule has 0 aliphatic carbocycles. The number of aromatic nitrogens is 2. The topological polar surface area (TPSA) is 39.4 Å². The van der Waals surface area contributed by atoms with E-state index in [9.17, 15) is 13.6 Å². The van der Waals surface area contributed by atoms with Crippen LogP contribution in [0.2, 0.25) is 0 Å². The van der Waals surface area contributed by atoms with Gasteiger partial charge in [0.05, 0.1) is 12.6 Å². The summed E-state index contributed by atoms with van der Waals surface area (Å²) >= 11 is 0. The highest BCUT2D eigenvalue weighted by Crippen LogP contribution is 2.36. The summed E-state index contributed by atoms with van der Waals surface area (Å²) in [5.41, 5.74) is 1.67. The number of hydrogen-bond acceptors (Lipinski definition) is 1. The van der Waals surface area contributed by atoms with Crippen LogP contribution in [0.15, 0.2) is 73.3 Å². The average Bonchev–Trinajstić information content (AvgIpc) is 3.34. The Morgan fingerprint density at radius 1 is 1.12 bits per heavy atom. The van der Waals surface area contributed by atoms with Crippen LogP contribution in [0.5, 0.6) is 0 Å². The number of carbonyl (C=O) groups excluding carboxylic acids is 1. The second-order valence-electron chi connectivity index (χ2n) is 6.10. The zero-order valence-electron chi connectivity index (χ0n) is 13.8. The number of amides is 1. The number of nitrogens with zero attached hydrogens (tertiary/aromatic N) is 2. The van der Waals surface area contributed by atoms with Crippen molar-refractivity contribution in [2.45, 2.75) is 6.04 Å². The van der Waals surface area contributed by atoms with Crippen LogP contribution in [0.1, 0.15) is 17.2 Å². The van der Waals surface area contributed by atoms with E-state index >= 15 is 0 Å². The molecule has 4 nitrogen and oxygen atoms in total. The van der Waals surface area contributed by atoms with E-state index in [-0.39, 0.29) is 24.2 Å². The van der Waals surface area contributed by atoms with Crippen molar-refractivity contribution in [1.29, 1.82) is 0 Å². The van der Waals surface area contributed by atoms with E-state index in [4.69, 9.17) is 0 Å². The predicted molar refractivity (Wildman–Crippen MR) is 92.0 cm³/mol. The third kappa shape index (κ3) is 2.90. The lowest BCUT2D eigenvalue weighted by Crippen LogP contribution is -2.34. The van der Waals surface area contributed by atoms with Crippen LogP contribution in [0.25, 0.3) is 5.57 Å². The molecule has 0 fully saturated rings. The second kappa shape index (κ2) is 6.55. The van der Waals surface area contributed by atoms with Gasteiger partial charge in [0.2, 0.25) is 0 Å². The van der Waals surface area contributed by atoms with Crippen molar-refractivity contribution >= 4 is 11.6 Å². The van der Waals surface area contributed by atoms with Crippen molar-refractivity contribution in [2.24, 2.45) is 0 Å². The first-order valence-electron chi connectivity index (χ1n) is 8.19. The Hall–Kier alpha value is -3.28. The maximum atomic E-state index is 14.2. The molecule has 26 heavy (non-hydrogen) atoms. The van der Waals surface area contributed by atoms with E-state index < -0.39 is 11.6 Å². The van der Waals surface area contributed by atoms with Gasteiger partial charge in [-0.05, 0) is 29.3 Å². The summed E-state index contributed by atoms with van der Waals surface area (Å²) in [6.45, 7) is 0.191. The number of halogens is 2. The highest BCUT2D eigenvalue weighted by Gasteiger charge is 2.34. The van der Waals surface area contributed by atoms with E-state index in [1.54, 1.807) is 23.6 Å². The van der Waals surface area contributed by atoms with E-state index in [0.717, 1.165) is 17.7 Å². The normalized spacial score (nSPS) is 16.6. The second-order valence-corrected chi connectivity index (χ2v) is 6.10. The van der Waals surface area contributed by atoms with Crippen LogP contribution < -0.4 is 4.98 Å². The first-order valence-corrected chi connectivity index (χ1v) is 8.19. The molecule has 2 aromatic carbocycles. The lowest BCUT2D eigenvalue weighted by atomic mass is 10.0. The number of nitrogens with one attached hydrogen (secondary N) is 1. The monoisotopic (exact) mass is 352 g/mol. The van der Waals surface area contributed by atoms with Crippen molar-refractivity contribution in [3.63, 3.8) is 0 Å². The number of hydrogen-bond donors (Lipinski definition) is 0. The molecule has 4 rings (SSSR count). The smallest absolute Gasteiger partial charge is 0.289 e. The summed E-state index contributed by atoms with van der Waals surface area (Å²) in [7, 11) is 0. The molecule has 130 valence electrons. The van der Waals surface area contributed by atoms with Gasteiger partial charge in [-0.1, -0.05) is 36.4 Å². The largest absolute Gasteiger partial charge is 0.416 e. The zero-order valence-corrected chi connectivity index (χ0v) is 13.8. The molecule has 0 spiro atoms. The molecule has 1 N–H and O–H groups in total. The minimum absolute atomic E-state index is 0.181. The molecule has 1 aliphatic rings. The van der Waals surface area contributed by atoms with Gasteiger partial charge in [0.15, 0.2) is 0 Å². The summed E-state index contributed by atoms with van der Waals surface area (Å²) in [5, 5.41) is 0. The highest BCUT2D eigenvalue weighted by molar-refractivity contribution is 5.83. The molecule has 1 aromatic heterocycles. The molecule has 6 heteroatoms. The Kier molecular flexibility index (Phi) is 4.08.